The average molecular weight is 495 g/mol. The van der Waals surface area contributed by atoms with Crippen molar-refractivity contribution >= 4 is 27.4 Å². The van der Waals surface area contributed by atoms with E-state index in [4.69, 9.17) is 0 Å². The molecule has 12 heteroatoms. The van der Waals surface area contributed by atoms with Gasteiger partial charge in [0.25, 0.3) is 5.69 Å². The number of nitro groups is 1. The third kappa shape index (κ3) is 5.44. The summed E-state index contributed by atoms with van der Waals surface area (Å²) < 4.78 is 27.5. The van der Waals surface area contributed by atoms with Crippen LogP contribution < -0.4 is 10.2 Å². The minimum atomic E-state index is -3.80. The number of benzene rings is 1. The molecule has 1 saturated carbocycles. The van der Waals surface area contributed by atoms with Crippen LogP contribution in [0.25, 0.3) is 0 Å². The van der Waals surface area contributed by atoms with Crippen molar-refractivity contribution in [3.05, 3.63) is 28.3 Å². The molecule has 0 spiro atoms. The van der Waals surface area contributed by atoms with Crippen molar-refractivity contribution in [2.75, 3.05) is 64.3 Å². The average Bonchev–Trinajstić information content (AvgIpc) is 2.84. The highest BCUT2D eigenvalue weighted by atomic mass is 32.2. The summed E-state index contributed by atoms with van der Waals surface area (Å²) in [7, 11) is -1.87. The van der Waals surface area contributed by atoms with Crippen molar-refractivity contribution in [2.24, 2.45) is 0 Å². The number of hydrogen-bond donors (Lipinski definition) is 1. The van der Waals surface area contributed by atoms with Crippen LogP contribution in [0.3, 0.4) is 0 Å². The van der Waals surface area contributed by atoms with Crippen LogP contribution in [0.2, 0.25) is 0 Å². The summed E-state index contributed by atoms with van der Waals surface area (Å²) in [5.74, 6) is 0. The van der Waals surface area contributed by atoms with Crippen LogP contribution in [0.1, 0.15) is 32.1 Å². The van der Waals surface area contributed by atoms with Crippen molar-refractivity contribution in [1.82, 2.24) is 19.4 Å². The number of nitro benzene ring substituents is 1. The maximum absolute atomic E-state index is 13.1. The van der Waals surface area contributed by atoms with Crippen LogP contribution in [-0.2, 0) is 10.0 Å². The number of amides is 2. The maximum Gasteiger partial charge on any atom is 0.317 e. The fourth-order valence-corrected chi connectivity index (χ4v) is 6.36. The molecule has 0 aromatic heterocycles. The van der Waals surface area contributed by atoms with Crippen molar-refractivity contribution in [2.45, 2.75) is 43.0 Å². The lowest BCUT2D eigenvalue weighted by molar-refractivity contribution is -0.384. The van der Waals surface area contributed by atoms with Gasteiger partial charge in [-0.15, -0.1) is 0 Å². The second-order valence-electron chi connectivity index (χ2n) is 9.37. The molecule has 1 aromatic rings. The van der Waals surface area contributed by atoms with E-state index in [0.717, 1.165) is 25.7 Å². The Morgan fingerprint density at radius 1 is 1.00 bits per heavy atom. The Morgan fingerprint density at radius 3 is 2.26 bits per heavy atom. The first kappa shape index (κ1) is 24.7. The highest BCUT2D eigenvalue weighted by Gasteiger charge is 2.32. The van der Waals surface area contributed by atoms with Gasteiger partial charge in [0.2, 0.25) is 10.0 Å². The van der Waals surface area contributed by atoms with Gasteiger partial charge in [0, 0.05) is 64.5 Å². The molecule has 2 amide bonds. The van der Waals surface area contributed by atoms with Crippen LogP contribution in [0.15, 0.2) is 23.1 Å². The molecule has 2 aliphatic heterocycles. The normalized spacial score (nSPS) is 21.4. The van der Waals surface area contributed by atoms with Gasteiger partial charge in [0.05, 0.1) is 9.82 Å². The van der Waals surface area contributed by atoms with Gasteiger partial charge in [-0.2, -0.15) is 4.31 Å². The molecule has 34 heavy (non-hydrogen) atoms. The largest absolute Gasteiger partial charge is 0.362 e. The van der Waals surface area contributed by atoms with E-state index in [1.807, 2.05) is 16.8 Å². The molecule has 2 saturated heterocycles. The van der Waals surface area contributed by atoms with Crippen molar-refractivity contribution in [1.29, 1.82) is 0 Å². The zero-order valence-corrected chi connectivity index (χ0v) is 20.5. The van der Waals surface area contributed by atoms with E-state index in [0.29, 0.717) is 58.0 Å². The quantitative estimate of drug-likeness (QED) is 0.489. The first-order valence-electron chi connectivity index (χ1n) is 12.0. The minimum Gasteiger partial charge on any atom is -0.362 e. The molecule has 0 atom stereocenters. The summed E-state index contributed by atoms with van der Waals surface area (Å²) in [5, 5.41) is 15.0. The number of anilines is 1. The number of hydrogen-bond acceptors (Lipinski definition) is 7. The van der Waals surface area contributed by atoms with Crippen molar-refractivity contribution < 1.29 is 18.1 Å². The number of urea groups is 1. The number of nitrogens with one attached hydrogen (secondary N) is 1. The van der Waals surface area contributed by atoms with Gasteiger partial charge in [-0.25, -0.2) is 13.2 Å². The van der Waals surface area contributed by atoms with Crippen LogP contribution >= 0.6 is 0 Å². The van der Waals surface area contributed by atoms with Gasteiger partial charge in [-0.3, -0.25) is 10.1 Å². The molecule has 4 rings (SSSR count). The Hall–Kier alpha value is -2.44. The van der Waals surface area contributed by atoms with E-state index in [1.165, 1.54) is 28.9 Å². The topological polar surface area (TPSA) is 119 Å². The lowest BCUT2D eigenvalue weighted by Crippen LogP contribution is -2.53. The molecule has 1 aromatic carbocycles. The number of likely N-dealkylation sites (N-methyl/N-ethyl adjacent to an activating group) is 1. The highest BCUT2D eigenvalue weighted by Crippen LogP contribution is 2.32. The van der Waals surface area contributed by atoms with Crippen LogP contribution in [0, 0.1) is 10.1 Å². The molecule has 0 radical (unpaired) electrons. The summed E-state index contributed by atoms with van der Waals surface area (Å²) in [6.45, 7) is 3.77. The van der Waals surface area contributed by atoms with Crippen LogP contribution in [0.5, 0.6) is 0 Å². The summed E-state index contributed by atoms with van der Waals surface area (Å²) in [6.07, 6.45) is 5.54. The van der Waals surface area contributed by atoms with Gasteiger partial charge >= 0.3 is 6.03 Å². The van der Waals surface area contributed by atoms with Crippen molar-refractivity contribution in [3.8, 4) is 0 Å². The molecule has 2 heterocycles. The van der Waals surface area contributed by atoms with E-state index in [1.54, 1.807) is 4.90 Å². The Labute approximate surface area is 200 Å². The molecular formula is C22H34N6O5S. The summed E-state index contributed by atoms with van der Waals surface area (Å²) in [6, 6.07) is 4.31. The monoisotopic (exact) mass is 494 g/mol. The highest BCUT2D eigenvalue weighted by molar-refractivity contribution is 7.89. The van der Waals surface area contributed by atoms with E-state index < -0.39 is 14.9 Å². The molecular weight excluding hydrogens is 460 g/mol. The van der Waals surface area contributed by atoms with E-state index >= 15 is 0 Å². The fourth-order valence-electron chi connectivity index (χ4n) is 4.92. The zero-order valence-electron chi connectivity index (χ0n) is 19.7. The SMILES string of the molecule is CN1CCN(S(=O)(=O)c2ccc(N3CCN(C(=O)NC4CCCCC4)CC3)c([N+](=O)[O-])c2)CC1. The minimum absolute atomic E-state index is 0.0574. The first-order chi connectivity index (χ1) is 16.3. The van der Waals surface area contributed by atoms with Gasteiger partial charge in [0.1, 0.15) is 5.69 Å². The molecule has 1 aliphatic carbocycles. The smallest absolute Gasteiger partial charge is 0.317 e. The molecule has 1 N–H and O–H groups in total. The lowest BCUT2D eigenvalue weighted by Gasteiger charge is -2.37. The number of rotatable bonds is 5. The van der Waals surface area contributed by atoms with Crippen LogP contribution in [-0.4, -0.2) is 98.9 Å². The number of sulfonamides is 1. The number of carbonyl (C=O) groups excluding carboxylic acids is 1. The Morgan fingerprint density at radius 2 is 1.65 bits per heavy atom. The molecule has 3 aliphatic rings. The summed E-state index contributed by atoms with van der Waals surface area (Å²) in [4.78, 5) is 29.5. The van der Waals surface area contributed by atoms with Crippen molar-refractivity contribution in [3.63, 3.8) is 0 Å². The second kappa shape index (κ2) is 10.4. The molecule has 0 bridgehead atoms. The van der Waals surface area contributed by atoms with E-state index in [-0.39, 0.29) is 22.7 Å². The molecule has 3 fully saturated rings. The Kier molecular flexibility index (Phi) is 7.58. The van der Waals surface area contributed by atoms with Gasteiger partial charge in [-0.05, 0) is 32.0 Å². The van der Waals surface area contributed by atoms with E-state index in [2.05, 4.69) is 5.32 Å². The molecule has 188 valence electrons. The maximum atomic E-state index is 13.1. The predicted octanol–water partition coefficient (Wildman–Crippen LogP) is 1.70. The second-order valence-corrected chi connectivity index (χ2v) is 11.3. The van der Waals surface area contributed by atoms with E-state index in [9.17, 15) is 23.3 Å². The molecule has 11 nitrogen and oxygen atoms in total. The summed E-state index contributed by atoms with van der Waals surface area (Å²) >= 11 is 0. The van der Waals surface area contributed by atoms with Gasteiger partial charge < -0.3 is 20.0 Å². The third-order valence-electron chi connectivity index (χ3n) is 7.08. The third-order valence-corrected chi connectivity index (χ3v) is 8.98. The number of piperazine rings is 2. The van der Waals surface area contributed by atoms with Gasteiger partial charge in [0.15, 0.2) is 0 Å². The van der Waals surface area contributed by atoms with Crippen LogP contribution in [0.4, 0.5) is 16.2 Å². The zero-order chi connectivity index (χ0) is 24.3. The fraction of sp³-hybridized carbons (Fsp3) is 0.682. The summed E-state index contributed by atoms with van der Waals surface area (Å²) in [5.41, 5.74) is 0.157. The Bertz CT molecular complexity index is 997. The van der Waals surface area contributed by atoms with Gasteiger partial charge in [-0.1, -0.05) is 19.3 Å². The predicted molar refractivity (Wildman–Crippen MR) is 129 cm³/mol. The first-order valence-corrected chi connectivity index (χ1v) is 13.5. The number of nitrogens with zero attached hydrogens (tertiary/aromatic N) is 5. The number of carbonyl (C=O) groups is 1. The molecule has 0 unspecified atom stereocenters. The standard InChI is InChI=1S/C22H34N6O5S/c1-24-9-15-27(16-10-24)34(32,33)19-7-8-20(21(17-19)28(30)31)25-11-13-26(14-12-25)22(29)23-18-5-3-2-4-6-18/h7-8,17-18H,2-6,9-16H2,1H3,(H,23,29). The lowest BCUT2D eigenvalue weighted by atomic mass is 9.96. The Balaban J connectivity index is 1.43.